The lowest BCUT2D eigenvalue weighted by atomic mass is 10.0. The summed E-state index contributed by atoms with van der Waals surface area (Å²) in [5.74, 6) is 1.42. The third-order valence-electron chi connectivity index (χ3n) is 11.1. The second-order valence-electron chi connectivity index (χ2n) is 14.6. The molecule has 2 aromatic heterocycles. The predicted octanol–water partition coefficient (Wildman–Crippen LogP) is 7.22. The topological polar surface area (TPSA) is 142 Å². The second-order valence-corrected chi connectivity index (χ2v) is 14.6. The van der Waals surface area contributed by atoms with E-state index in [2.05, 4.69) is 89.2 Å². The fraction of sp³-hybridized carbons (Fsp3) is 0.488. The van der Waals surface area contributed by atoms with Crippen molar-refractivity contribution in [2.24, 2.45) is 5.92 Å². The number of aromatic nitrogens is 4. The molecule has 12 nitrogen and oxygen atoms in total. The van der Waals surface area contributed by atoms with Crippen LogP contribution in [0, 0.1) is 5.92 Å². The number of benzene rings is 2. The van der Waals surface area contributed by atoms with Crippen molar-refractivity contribution in [3.05, 3.63) is 72.6 Å². The van der Waals surface area contributed by atoms with Gasteiger partial charge in [-0.2, -0.15) is 0 Å². The van der Waals surface area contributed by atoms with E-state index in [-0.39, 0.29) is 35.9 Å². The number of imidazole rings is 2. The molecule has 12 heteroatoms. The Kier molecular flexibility index (Phi) is 11.7. The Morgan fingerprint density at radius 3 is 1.58 bits per heavy atom. The SMILES string of the molecule is CC[C@H](C(=O)N1CCC[C@H]1c1ncc(-c2ccc(-c3ccc(-c4cnc([C@@H]5CCCN5C(=O)[C@H](C(C)C)N(C)C(=O)O)[nH]4)cc3)cc2)[nH]1)N(CC)CC. The summed E-state index contributed by atoms with van der Waals surface area (Å²) in [5.41, 5.74) is 5.99. The van der Waals surface area contributed by atoms with Crippen molar-refractivity contribution in [3.63, 3.8) is 0 Å². The summed E-state index contributed by atoms with van der Waals surface area (Å²) < 4.78 is 0. The molecule has 0 bridgehead atoms. The Labute approximate surface area is 312 Å². The van der Waals surface area contributed by atoms with Gasteiger partial charge in [0.05, 0.1) is 41.9 Å². The Hall–Kier alpha value is -4.97. The average Bonchev–Trinajstić information content (AvgIpc) is 4.00. The molecular formula is C41H54N8O4. The van der Waals surface area contributed by atoms with Gasteiger partial charge in [-0.15, -0.1) is 0 Å². The molecule has 53 heavy (non-hydrogen) atoms. The third-order valence-corrected chi connectivity index (χ3v) is 11.1. The molecule has 6 rings (SSSR count). The molecule has 4 heterocycles. The summed E-state index contributed by atoms with van der Waals surface area (Å²) in [6.45, 7) is 13.1. The summed E-state index contributed by atoms with van der Waals surface area (Å²) in [6.07, 6.45) is 6.84. The molecule has 282 valence electrons. The lowest BCUT2D eigenvalue weighted by Crippen LogP contribution is -2.51. The second kappa shape index (κ2) is 16.4. The maximum atomic E-state index is 13.6. The number of H-pyrrole nitrogens is 2. The molecule has 0 unspecified atom stereocenters. The van der Waals surface area contributed by atoms with Gasteiger partial charge in [0, 0.05) is 20.1 Å². The lowest BCUT2D eigenvalue weighted by molar-refractivity contribution is -0.139. The number of hydrogen-bond donors (Lipinski definition) is 3. The van der Waals surface area contributed by atoms with E-state index in [4.69, 9.17) is 4.98 Å². The minimum atomic E-state index is -1.11. The molecule has 4 atom stereocenters. The highest BCUT2D eigenvalue weighted by Gasteiger charge is 2.40. The number of aromatic amines is 2. The maximum Gasteiger partial charge on any atom is 0.407 e. The minimum absolute atomic E-state index is 0.0349. The van der Waals surface area contributed by atoms with Crippen LogP contribution in [0.25, 0.3) is 33.6 Å². The Morgan fingerprint density at radius 1 is 0.755 bits per heavy atom. The smallest absolute Gasteiger partial charge is 0.407 e. The first-order chi connectivity index (χ1) is 25.6. The molecule has 4 aromatic rings. The van der Waals surface area contributed by atoms with Crippen molar-refractivity contribution < 1.29 is 19.5 Å². The highest BCUT2D eigenvalue weighted by molar-refractivity contribution is 5.86. The number of nitrogens with zero attached hydrogens (tertiary/aromatic N) is 6. The third kappa shape index (κ3) is 7.74. The van der Waals surface area contributed by atoms with Gasteiger partial charge in [-0.05, 0) is 73.4 Å². The highest BCUT2D eigenvalue weighted by Crippen LogP contribution is 2.35. The summed E-state index contributed by atoms with van der Waals surface area (Å²) in [7, 11) is 1.46. The first-order valence-corrected chi connectivity index (χ1v) is 19.2. The number of rotatable bonds is 13. The van der Waals surface area contributed by atoms with E-state index < -0.39 is 12.1 Å². The van der Waals surface area contributed by atoms with E-state index in [9.17, 15) is 19.5 Å². The van der Waals surface area contributed by atoms with Crippen LogP contribution in [0.2, 0.25) is 0 Å². The lowest BCUT2D eigenvalue weighted by Gasteiger charge is -2.33. The summed E-state index contributed by atoms with van der Waals surface area (Å²) in [5, 5.41) is 9.58. The van der Waals surface area contributed by atoms with Gasteiger partial charge in [-0.3, -0.25) is 19.4 Å². The van der Waals surface area contributed by atoms with Crippen molar-refractivity contribution in [2.75, 3.05) is 33.2 Å². The molecule has 0 radical (unpaired) electrons. The number of likely N-dealkylation sites (N-methyl/N-ethyl adjacent to an activating group) is 2. The molecule has 2 aliphatic rings. The summed E-state index contributed by atoms with van der Waals surface area (Å²) in [6, 6.07) is 15.6. The molecule has 2 aromatic carbocycles. The monoisotopic (exact) mass is 722 g/mol. The van der Waals surface area contributed by atoms with E-state index in [0.717, 1.165) is 96.1 Å². The highest BCUT2D eigenvalue weighted by atomic mass is 16.4. The molecule has 2 saturated heterocycles. The zero-order valence-electron chi connectivity index (χ0n) is 31.9. The largest absolute Gasteiger partial charge is 0.465 e. The predicted molar refractivity (Wildman–Crippen MR) is 206 cm³/mol. The van der Waals surface area contributed by atoms with Gasteiger partial charge in [0.2, 0.25) is 11.8 Å². The average molecular weight is 723 g/mol. The molecule has 3 N–H and O–H groups in total. The van der Waals surface area contributed by atoms with Crippen molar-refractivity contribution in [1.29, 1.82) is 0 Å². The van der Waals surface area contributed by atoms with Gasteiger partial charge < -0.3 is 24.9 Å². The number of hydrogen-bond acceptors (Lipinski definition) is 6. The first kappa shape index (κ1) is 37.8. The van der Waals surface area contributed by atoms with Crippen LogP contribution in [-0.2, 0) is 9.59 Å². The first-order valence-electron chi connectivity index (χ1n) is 19.2. The van der Waals surface area contributed by atoms with Crippen molar-refractivity contribution in [3.8, 4) is 33.6 Å². The van der Waals surface area contributed by atoms with Crippen LogP contribution in [0.1, 0.15) is 90.5 Å². The van der Waals surface area contributed by atoms with Crippen LogP contribution < -0.4 is 0 Å². The van der Waals surface area contributed by atoms with E-state index in [1.54, 1.807) is 11.1 Å². The number of carboxylic acid groups (broad SMARTS) is 1. The molecule has 0 saturated carbocycles. The van der Waals surface area contributed by atoms with Crippen LogP contribution in [0.3, 0.4) is 0 Å². The number of likely N-dealkylation sites (tertiary alicyclic amines) is 2. The summed E-state index contributed by atoms with van der Waals surface area (Å²) in [4.78, 5) is 62.5. The fourth-order valence-corrected chi connectivity index (χ4v) is 8.25. The number of carbonyl (C=O) groups excluding carboxylic acids is 2. The van der Waals surface area contributed by atoms with Gasteiger partial charge in [-0.25, -0.2) is 14.8 Å². The van der Waals surface area contributed by atoms with E-state index in [1.165, 1.54) is 7.05 Å². The minimum Gasteiger partial charge on any atom is -0.465 e. The molecule has 3 amide bonds. The molecular weight excluding hydrogens is 669 g/mol. The van der Waals surface area contributed by atoms with Gasteiger partial charge >= 0.3 is 6.09 Å². The zero-order valence-corrected chi connectivity index (χ0v) is 31.9. The van der Waals surface area contributed by atoms with E-state index >= 15 is 0 Å². The maximum absolute atomic E-state index is 13.6. The number of amides is 3. The number of nitrogens with one attached hydrogen (secondary N) is 2. The fourth-order valence-electron chi connectivity index (χ4n) is 8.25. The van der Waals surface area contributed by atoms with Gasteiger partial charge in [0.25, 0.3) is 0 Å². The van der Waals surface area contributed by atoms with Crippen LogP contribution in [0.15, 0.2) is 60.9 Å². The molecule has 0 aliphatic carbocycles. The van der Waals surface area contributed by atoms with Gasteiger partial charge in [0.15, 0.2) is 0 Å². The van der Waals surface area contributed by atoms with E-state index in [1.807, 2.05) is 24.9 Å². The quantitative estimate of drug-likeness (QED) is 0.132. The zero-order chi connectivity index (χ0) is 37.8. The van der Waals surface area contributed by atoms with Crippen LogP contribution >= 0.6 is 0 Å². The molecule has 0 spiro atoms. The summed E-state index contributed by atoms with van der Waals surface area (Å²) >= 11 is 0. The Bertz CT molecular complexity index is 1860. The van der Waals surface area contributed by atoms with Crippen molar-refractivity contribution >= 4 is 17.9 Å². The molecule has 2 aliphatic heterocycles. The van der Waals surface area contributed by atoms with Gasteiger partial charge in [0.1, 0.15) is 17.7 Å². The van der Waals surface area contributed by atoms with Crippen LogP contribution in [-0.4, -0.2) is 108 Å². The Morgan fingerprint density at radius 2 is 1.19 bits per heavy atom. The Balaban J connectivity index is 1.11. The normalized spacial score (nSPS) is 18.6. The number of carbonyl (C=O) groups is 3. The van der Waals surface area contributed by atoms with Crippen molar-refractivity contribution in [2.45, 2.75) is 90.9 Å². The van der Waals surface area contributed by atoms with Gasteiger partial charge in [-0.1, -0.05) is 83.1 Å². The van der Waals surface area contributed by atoms with Crippen LogP contribution in [0.4, 0.5) is 4.79 Å². The standard InChI is InChI=1S/C41H54N8O4/c1-7-33(47(8-2)9-3)39(50)48-22-10-12-34(48)37-42-24-31(44-37)29-18-14-27(15-19-29)28-16-20-30(21-17-28)32-25-43-38(45-32)35-13-11-23-49(35)40(51)36(26(4)5)46(6)41(52)53/h14-21,24-26,33-36H,7-13,22-23H2,1-6H3,(H,42,44)(H,43,45)(H,52,53)/t33-,34+,35+,36+/m1/s1. The molecule has 2 fully saturated rings. The van der Waals surface area contributed by atoms with Crippen molar-refractivity contribution in [1.82, 2.24) is 39.5 Å². The van der Waals surface area contributed by atoms with Crippen LogP contribution in [0.5, 0.6) is 0 Å². The van der Waals surface area contributed by atoms with E-state index in [0.29, 0.717) is 12.4 Å².